The molecular weight excluding hydrogens is 268 g/mol. The number of nitrogens with two attached hydrogens (primary N) is 1. The van der Waals surface area contributed by atoms with Gasteiger partial charge in [0.15, 0.2) is 0 Å². The summed E-state index contributed by atoms with van der Waals surface area (Å²) in [7, 11) is -4.04. The molecule has 0 fully saturated rings. The predicted octanol–water partition coefficient (Wildman–Crippen LogP) is 1.91. The van der Waals surface area contributed by atoms with Gasteiger partial charge in [0.05, 0.1) is 15.4 Å². The highest BCUT2D eigenvalue weighted by atomic mass is 32.2. The molecule has 0 spiro atoms. The zero-order valence-corrected chi connectivity index (χ0v) is 10.5. The fourth-order valence-corrected chi connectivity index (χ4v) is 2.58. The van der Waals surface area contributed by atoms with Crippen LogP contribution in [0.2, 0.25) is 0 Å². The van der Waals surface area contributed by atoms with Gasteiger partial charge in [0.1, 0.15) is 0 Å². The molecule has 2 aromatic carbocycles. The summed E-state index contributed by atoms with van der Waals surface area (Å²) >= 11 is 0. The summed E-state index contributed by atoms with van der Waals surface area (Å²) < 4.78 is 23.1. The molecule has 98 valence electrons. The summed E-state index contributed by atoms with van der Waals surface area (Å²) in [6, 6.07) is 12.0. The van der Waals surface area contributed by atoms with E-state index in [-0.39, 0.29) is 16.1 Å². The Morgan fingerprint density at radius 3 is 2.16 bits per heavy atom. The molecule has 2 aromatic rings. The van der Waals surface area contributed by atoms with E-state index in [1.54, 1.807) is 30.3 Å². The third-order valence-corrected chi connectivity index (χ3v) is 3.52. The lowest BCUT2D eigenvalue weighted by Crippen LogP contribution is -2.14. The second kappa shape index (κ2) is 4.79. The highest BCUT2D eigenvalue weighted by Crippen LogP contribution is 2.34. The van der Waals surface area contributed by atoms with Crippen LogP contribution in [0.25, 0.3) is 11.1 Å². The molecule has 0 unspecified atom stereocenters. The Kier molecular flexibility index (Phi) is 3.32. The number of hydrogen-bond donors (Lipinski definition) is 1. The Labute approximate surface area is 109 Å². The first kappa shape index (κ1) is 13.2. The maximum Gasteiger partial charge on any atom is 0.278 e. The van der Waals surface area contributed by atoms with Crippen molar-refractivity contribution in [3.63, 3.8) is 0 Å². The fraction of sp³-hybridized carbons (Fsp3) is 0. The van der Waals surface area contributed by atoms with E-state index in [4.69, 9.17) is 5.14 Å². The lowest BCUT2D eigenvalue weighted by Gasteiger charge is -2.08. The second-order valence-corrected chi connectivity index (χ2v) is 5.35. The van der Waals surface area contributed by atoms with Crippen molar-refractivity contribution < 1.29 is 13.3 Å². The first-order chi connectivity index (χ1) is 8.91. The van der Waals surface area contributed by atoms with Crippen molar-refractivity contribution in [2.45, 2.75) is 4.90 Å². The van der Waals surface area contributed by atoms with E-state index in [9.17, 15) is 18.5 Å². The molecule has 0 aliphatic rings. The summed E-state index contributed by atoms with van der Waals surface area (Å²) in [6.07, 6.45) is 0. The first-order valence-corrected chi connectivity index (χ1v) is 6.81. The van der Waals surface area contributed by atoms with E-state index in [0.717, 1.165) is 0 Å². The van der Waals surface area contributed by atoms with Crippen LogP contribution in [0, 0.1) is 10.1 Å². The molecule has 0 bridgehead atoms. The van der Waals surface area contributed by atoms with Crippen LogP contribution in [-0.4, -0.2) is 13.3 Å². The van der Waals surface area contributed by atoms with Crippen molar-refractivity contribution in [3.8, 4) is 11.1 Å². The van der Waals surface area contributed by atoms with Crippen LogP contribution < -0.4 is 5.14 Å². The largest absolute Gasteiger partial charge is 0.278 e. The lowest BCUT2D eigenvalue weighted by molar-refractivity contribution is -0.384. The van der Waals surface area contributed by atoms with Crippen LogP contribution in [0.4, 0.5) is 5.69 Å². The quantitative estimate of drug-likeness (QED) is 0.684. The Bertz CT molecular complexity index is 727. The zero-order chi connectivity index (χ0) is 14.0. The van der Waals surface area contributed by atoms with Gasteiger partial charge in [-0.2, -0.15) is 0 Å². The van der Waals surface area contributed by atoms with E-state index in [1.165, 1.54) is 18.2 Å². The Hall–Kier alpha value is -2.25. The third-order valence-electron chi connectivity index (χ3n) is 2.57. The predicted molar refractivity (Wildman–Crippen MR) is 69.9 cm³/mol. The number of nitro groups is 1. The number of nitrogens with zero attached hydrogens (tertiary/aromatic N) is 1. The molecule has 0 aliphatic heterocycles. The Morgan fingerprint density at radius 1 is 1.00 bits per heavy atom. The van der Waals surface area contributed by atoms with E-state index in [1.807, 2.05) is 0 Å². The van der Waals surface area contributed by atoms with Gasteiger partial charge < -0.3 is 0 Å². The van der Waals surface area contributed by atoms with Crippen molar-refractivity contribution in [1.82, 2.24) is 0 Å². The van der Waals surface area contributed by atoms with E-state index in [0.29, 0.717) is 5.56 Å². The van der Waals surface area contributed by atoms with Gasteiger partial charge in [-0.05, 0) is 11.6 Å². The van der Waals surface area contributed by atoms with Crippen LogP contribution in [0.15, 0.2) is 53.4 Å². The molecule has 0 heterocycles. The molecule has 0 aliphatic carbocycles. The summed E-state index contributed by atoms with van der Waals surface area (Å²) in [6.45, 7) is 0. The molecule has 19 heavy (non-hydrogen) atoms. The Morgan fingerprint density at radius 2 is 1.63 bits per heavy atom. The third kappa shape index (κ3) is 2.61. The molecule has 0 aromatic heterocycles. The molecule has 0 atom stereocenters. The monoisotopic (exact) mass is 278 g/mol. The Balaban J connectivity index is 2.86. The van der Waals surface area contributed by atoms with Crippen LogP contribution in [0.5, 0.6) is 0 Å². The number of primary sulfonamides is 1. The first-order valence-electron chi connectivity index (χ1n) is 5.27. The molecule has 6 nitrogen and oxygen atoms in total. The number of rotatable bonds is 3. The summed E-state index contributed by atoms with van der Waals surface area (Å²) in [5.74, 6) is 0. The van der Waals surface area contributed by atoms with E-state index < -0.39 is 14.9 Å². The summed E-state index contributed by atoms with van der Waals surface area (Å²) in [5, 5.41) is 16.2. The zero-order valence-electron chi connectivity index (χ0n) is 9.68. The van der Waals surface area contributed by atoms with Gasteiger partial charge in [-0.1, -0.05) is 36.4 Å². The minimum absolute atomic E-state index is 0.00981. The molecule has 0 radical (unpaired) electrons. The molecule has 2 N–H and O–H groups in total. The molecule has 0 saturated carbocycles. The normalized spacial score (nSPS) is 11.2. The highest BCUT2D eigenvalue weighted by Gasteiger charge is 2.24. The van der Waals surface area contributed by atoms with Crippen molar-refractivity contribution in [2.24, 2.45) is 5.14 Å². The fourth-order valence-electron chi connectivity index (χ4n) is 1.80. The van der Waals surface area contributed by atoms with Gasteiger partial charge in [-0.15, -0.1) is 0 Å². The summed E-state index contributed by atoms with van der Waals surface area (Å²) in [4.78, 5) is 10.2. The average molecular weight is 278 g/mol. The summed E-state index contributed by atoms with van der Waals surface area (Å²) in [5.41, 5.74) is 0.146. The van der Waals surface area contributed by atoms with Gasteiger partial charge in [0.2, 0.25) is 10.0 Å². The molecule has 0 amide bonds. The smallest absolute Gasteiger partial charge is 0.258 e. The average Bonchev–Trinajstić information content (AvgIpc) is 2.37. The topological polar surface area (TPSA) is 103 Å². The maximum atomic E-state index is 11.6. The van der Waals surface area contributed by atoms with Gasteiger partial charge in [-0.3, -0.25) is 10.1 Å². The highest BCUT2D eigenvalue weighted by molar-refractivity contribution is 7.89. The van der Waals surface area contributed by atoms with Crippen molar-refractivity contribution in [1.29, 1.82) is 0 Å². The standard InChI is InChI=1S/C12H10N2O4S/c13-19(17,18)11-8-4-7-10(14(15)16)12(11)9-5-2-1-3-6-9/h1-8H,(H2,13,17,18). The van der Waals surface area contributed by atoms with Crippen LogP contribution in [0.1, 0.15) is 0 Å². The molecule has 2 rings (SSSR count). The van der Waals surface area contributed by atoms with Gasteiger partial charge >= 0.3 is 0 Å². The van der Waals surface area contributed by atoms with Gasteiger partial charge in [-0.25, -0.2) is 13.6 Å². The van der Waals surface area contributed by atoms with Crippen molar-refractivity contribution in [2.75, 3.05) is 0 Å². The van der Waals surface area contributed by atoms with E-state index >= 15 is 0 Å². The number of nitro benzene ring substituents is 1. The van der Waals surface area contributed by atoms with Gasteiger partial charge in [0.25, 0.3) is 5.69 Å². The molecular formula is C12H10N2O4S. The van der Waals surface area contributed by atoms with Crippen LogP contribution in [-0.2, 0) is 10.0 Å². The van der Waals surface area contributed by atoms with E-state index in [2.05, 4.69) is 0 Å². The van der Waals surface area contributed by atoms with Gasteiger partial charge in [0, 0.05) is 6.07 Å². The molecule has 7 heteroatoms. The minimum atomic E-state index is -4.04. The maximum absolute atomic E-state index is 11.6. The van der Waals surface area contributed by atoms with Crippen molar-refractivity contribution in [3.05, 3.63) is 58.6 Å². The second-order valence-electron chi connectivity index (χ2n) is 3.82. The van der Waals surface area contributed by atoms with Crippen molar-refractivity contribution >= 4 is 15.7 Å². The SMILES string of the molecule is NS(=O)(=O)c1cccc([N+](=O)[O-])c1-c1ccccc1. The molecule has 0 saturated heterocycles. The van der Waals surface area contributed by atoms with Crippen LogP contribution in [0.3, 0.4) is 0 Å². The number of sulfonamides is 1. The minimum Gasteiger partial charge on any atom is -0.258 e. The number of hydrogen-bond acceptors (Lipinski definition) is 4. The lowest BCUT2D eigenvalue weighted by atomic mass is 10.0. The number of benzene rings is 2. The van der Waals surface area contributed by atoms with Crippen LogP contribution >= 0.6 is 0 Å².